The summed E-state index contributed by atoms with van der Waals surface area (Å²) in [7, 11) is 0. The maximum absolute atomic E-state index is 12.7. The van der Waals surface area contributed by atoms with E-state index in [0.29, 0.717) is 43.5 Å². The molecule has 0 aliphatic heterocycles. The molecule has 0 bridgehead atoms. The summed E-state index contributed by atoms with van der Waals surface area (Å²) in [5, 5.41) is 0. The molecule has 3 rings (SSSR count). The third kappa shape index (κ3) is 15.4. The van der Waals surface area contributed by atoms with Crippen LogP contribution in [0, 0.1) is 11.8 Å². The van der Waals surface area contributed by atoms with Crippen LogP contribution < -0.4 is 9.47 Å². The lowest BCUT2D eigenvalue weighted by Crippen LogP contribution is -2.13. The van der Waals surface area contributed by atoms with Gasteiger partial charge in [0.1, 0.15) is 11.5 Å². The Kier molecular flexibility index (Phi) is 18.0. The Bertz CT molecular complexity index is 1160. The lowest BCUT2D eigenvalue weighted by Gasteiger charge is -2.29. The molecule has 7 heteroatoms. The van der Waals surface area contributed by atoms with Crippen molar-refractivity contribution in [3.8, 4) is 11.5 Å². The van der Waals surface area contributed by atoms with E-state index >= 15 is 0 Å². The van der Waals surface area contributed by atoms with Crippen molar-refractivity contribution in [2.45, 2.75) is 129 Å². The van der Waals surface area contributed by atoms with Crippen molar-refractivity contribution in [2.75, 3.05) is 19.8 Å². The Morgan fingerprint density at radius 1 is 0.681 bits per heavy atom. The lowest BCUT2D eigenvalue weighted by molar-refractivity contribution is -0.148. The number of hydrogen-bond acceptors (Lipinski definition) is 7. The molecule has 7 nitrogen and oxygen atoms in total. The van der Waals surface area contributed by atoms with Crippen LogP contribution in [0.5, 0.6) is 11.5 Å². The molecule has 2 aromatic carbocycles. The highest BCUT2D eigenvalue weighted by Crippen LogP contribution is 2.38. The fourth-order valence-corrected chi connectivity index (χ4v) is 6.02. The quantitative estimate of drug-likeness (QED) is 0.0712. The van der Waals surface area contributed by atoms with Gasteiger partial charge in [0.15, 0.2) is 0 Å². The van der Waals surface area contributed by atoms with Crippen LogP contribution >= 0.6 is 0 Å². The van der Waals surface area contributed by atoms with Crippen LogP contribution in [-0.2, 0) is 19.1 Å². The van der Waals surface area contributed by atoms with Crippen LogP contribution in [0.1, 0.15) is 145 Å². The van der Waals surface area contributed by atoms with Gasteiger partial charge in [0.2, 0.25) is 0 Å². The number of rotatable bonds is 22. The molecule has 47 heavy (non-hydrogen) atoms. The second-order valence-electron chi connectivity index (χ2n) is 13.3. The summed E-state index contributed by atoms with van der Waals surface area (Å²) in [6, 6.07) is 15.2. The monoisotopic (exact) mass is 650 g/mol. The van der Waals surface area contributed by atoms with Crippen LogP contribution in [-0.4, -0.2) is 37.7 Å². The van der Waals surface area contributed by atoms with E-state index in [9.17, 15) is 14.4 Å². The molecule has 0 amide bonds. The molecule has 0 saturated heterocycles. The molecule has 0 aromatic heterocycles. The molecule has 0 unspecified atom stereocenters. The minimum Gasteiger partial charge on any atom is -0.494 e. The molecular weight excluding hydrogens is 592 g/mol. The largest absolute Gasteiger partial charge is 0.494 e. The first-order chi connectivity index (χ1) is 22.9. The number of carbonyl (C=O) groups excluding carboxylic acids is 3. The summed E-state index contributed by atoms with van der Waals surface area (Å²) in [6.07, 6.45) is 17.0. The molecule has 0 N–H and O–H groups in total. The molecule has 1 fully saturated rings. The number of benzene rings is 2. The normalized spacial score (nSPS) is 16.1. The number of hydrogen-bond donors (Lipinski definition) is 0. The predicted octanol–water partition coefficient (Wildman–Crippen LogP) is 10.0. The highest BCUT2D eigenvalue weighted by atomic mass is 16.5. The Labute approximate surface area is 283 Å². The van der Waals surface area contributed by atoms with Crippen LogP contribution in [0.25, 0.3) is 0 Å². The van der Waals surface area contributed by atoms with E-state index in [2.05, 4.69) is 19.1 Å². The number of esters is 3. The van der Waals surface area contributed by atoms with Gasteiger partial charge in [-0.05, 0) is 124 Å². The first-order valence-corrected chi connectivity index (χ1v) is 18.2. The third-order valence-corrected chi connectivity index (χ3v) is 9.03. The molecule has 1 aliphatic carbocycles. The van der Waals surface area contributed by atoms with Crippen molar-refractivity contribution >= 4 is 17.9 Å². The minimum absolute atomic E-state index is 0.108. The fourth-order valence-electron chi connectivity index (χ4n) is 6.02. The second kappa shape index (κ2) is 22.3. The van der Waals surface area contributed by atoms with Crippen LogP contribution in [0.3, 0.4) is 0 Å². The van der Waals surface area contributed by atoms with Crippen LogP contribution in [0.15, 0.2) is 48.5 Å². The Hall–Kier alpha value is -3.35. The molecular formula is C40H58O7. The molecule has 0 atom stereocenters. The summed E-state index contributed by atoms with van der Waals surface area (Å²) in [6.45, 7) is 7.33. The van der Waals surface area contributed by atoms with Gasteiger partial charge in [-0.1, -0.05) is 58.6 Å². The van der Waals surface area contributed by atoms with Gasteiger partial charge in [0.05, 0.1) is 31.3 Å². The van der Waals surface area contributed by atoms with Gasteiger partial charge in [-0.25, -0.2) is 4.79 Å². The lowest BCUT2D eigenvalue weighted by atomic mass is 9.77. The van der Waals surface area contributed by atoms with Gasteiger partial charge in [0.25, 0.3) is 0 Å². The topological polar surface area (TPSA) is 88.1 Å². The summed E-state index contributed by atoms with van der Waals surface area (Å²) in [4.78, 5) is 36.0. The first kappa shape index (κ1) is 38.1. The zero-order chi connectivity index (χ0) is 33.7. The fraction of sp³-hybridized carbons (Fsp3) is 0.625. The van der Waals surface area contributed by atoms with Crippen molar-refractivity contribution < 1.29 is 33.3 Å². The number of unbranched alkanes of at least 4 members (excludes halogenated alkanes) is 7. The van der Waals surface area contributed by atoms with E-state index in [1.165, 1.54) is 56.9 Å². The predicted molar refractivity (Wildman–Crippen MR) is 186 cm³/mol. The van der Waals surface area contributed by atoms with E-state index in [1.807, 2.05) is 26.0 Å². The van der Waals surface area contributed by atoms with Gasteiger partial charge in [0, 0.05) is 6.42 Å². The van der Waals surface area contributed by atoms with E-state index in [4.69, 9.17) is 18.9 Å². The average molecular weight is 651 g/mol. The van der Waals surface area contributed by atoms with Gasteiger partial charge in [-0.3, -0.25) is 9.59 Å². The molecule has 1 aliphatic rings. The summed E-state index contributed by atoms with van der Waals surface area (Å²) in [5.41, 5.74) is 1.84. The van der Waals surface area contributed by atoms with Crippen molar-refractivity contribution in [3.05, 3.63) is 59.7 Å². The average Bonchev–Trinajstić information content (AvgIpc) is 3.08. The summed E-state index contributed by atoms with van der Waals surface area (Å²) >= 11 is 0. The molecule has 2 aromatic rings. The van der Waals surface area contributed by atoms with Crippen molar-refractivity contribution in [3.63, 3.8) is 0 Å². The zero-order valence-electron chi connectivity index (χ0n) is 29.1. The number of carbonyl (C=O) groups is 3. The summed E-state index contributed by atoms with van der Waals surface area (Å²) < 4.78 is 21.9. The van der Waals surface area contributed by atoms with Gasteiger partial charge in [-0.2, -0.15) is 0 Å². The van der Waals surface area contributed by atoms with Crippen molar-refractivity contribution in [1.82, 2.24) is 0 Å². The highest BCUT2D eigenvalue weighted by molar-refractivity contribution is 5.91. The third-order valence-electron chi connectivity index (χ3n) is 9.03. The standard InChI is InChI=1S/C40H58O7/c1-4-5-9-14-32-16-18-33(19-17-32)34-20-26-37(27-21-34)47-40(43)35-22-24-36(25-23-35)44-28-11-6-7-12-29-45-38(41)15-10-8-13-30-46-39(42)31(2)3/h20-27,31-33H,4-19,28-30H2,1-3H3. The highest BCUT2D eigenvalue weighted by Gasteiger charge is 2.22. The van der Waals surface area contributed by atoms with Gasteiger partial charge >= 0.3 is 17.9 Å². The molecule has 1 saturated carbocycles. The maximum Gasteiger partial charge on any atom is 0.343 e. The van der Waals surface area contributed by atoms with E-state index in [1.54, 1.807) is 24.3 Å². The minimum atomic E-state index is -0.373. The molecule has 0 heterocycles. The van der Waals surface area contributed by atoms with Gasteiger partial charge < -0.3 is 18.9 Å². The van der Waals surface area contributed by atoms with Crippen LogP contribution in [0.2, 0.25) is 0 Å². The van der Waals surface area contributed by atoms with Crippen molar-refractivity contribution in [1.29, 1.82) is 0 Å². The number of ether oxygens (including phenoxy) is 4. The molecule has 260 valence electrons. The maximum atomic E-state index is 12.7. The zero-order valence-corrected chi connectivity index (χ0v) is 29.1. The molecule has 0 radical (unpaired) electrons. The van der Waals surface area contributed by atoms with Gasteiger partial charge in [-0.15, -0.1) is 0 Å². The van der Waals surface area contributed by atoms with E-state index < -0.39 is 0 Å². The molecule has 0 spiro atoms. The Balaban J connectivity index is 1.20. The van der Waals surface area contributed by atoms with Crippen LogP contribution in [0.4, 0.5) is 0 Å². The summed E-state index contributed by atoms with van der Waals surface area (Å²) in [5.74, 6) is 1.97. The van der Waals surface area contributed by atoms with Crippen molar-refractivity contribution in [2.24, 2.45) is 11.8 Å². The first-order valence-electron chi connectivity index (χ1n) is 18.2. The van der Waals surface area contributed by atoms with E-state index in [0.717, 1.165) is 56.6 Å². The Morgan fingerprint density at radius 3 is 1.96 bits per heavy atom. The SMILES string of the molecule is CCCCCC1CCC(c2ccc(OC(=O)c3ccc(OCCCCCCOC(=O)CCCCCOC(=O)C(C)C)cc3)cc2)CC1. The Morgan fingerprint density at radius 2 is 1.30 bits per heavy atom. The smallest absolute Gasteiger partial charge is 0.343 e. The van der Waals surface area contributed by atoms with E-state index in [-0.39, 0.29) is 23.8 Å². The second-order valence-corrected chi connectivity index (χ2v) is 13.3.